The highest BCUT2D eigenvalue weighted by Gasteiger charge is 1.95. The fourth-order valence-electron chi connectivity index (χ4n) is 0. The highest BCUT2D eigenvalue weighted by Crippen LogP contribution is 2.14. The molecule has 0 heterocycles. The predicted molar refractivity (Wildman–Crippen MR) is 49.3 cm³/mol. The van der Waals surface area contributed by atoms with E-state index >= 15 is 0 Å². The van der Waals surface area contributed by atoms with Gasteiger partial charge in [0.1, 0.15) is 0 Å². The Balaban J connectivity index is -0.0000000675. The molecule has 0 atom stereocenters. The van der Waals surface area contributed by atoms with E-state index in [1.54, 1.807) is 6.92 Å². The molecule has 0 radical (unpaired) electrons. The van der Waals surface area contributed by atoms with Crippen LogP contribution in [0, 0.1) is 0 Å². The number of hydrogen-bond acceptors (Lipinski definition) is 1. The lowest BCUT2D eigenvalue weighted by Crippen LogP contribution is -1.57. The molecule has 0 bridgehead atoms. The monoisotopic (exact) mass is 148 g/mol. The molecule has 1 N–H and O–H groups in total. The fraction of sp³-hybridized carbons (Fsp3) is 1.00. The van der Waals surface area contributed by atoms with Crippen LogP contribution in [0.15, 0.2) is 0 Å². The molecular weight excluding hydrogens is 124 g/mol. The van der Waals surface area contributed by atoms with Gasteiger partial charge in [-0.15, -0.1) is 0 Å². The van der Waals surface area contributed by atoms with E-state index in [1.807, 2.05) is 27.7 Å². The lowest BCUT2D eigenvalue weighted by Gasteiger charge is -1.52. The second-order valence-electron chi connectivity index (χ2n) is 1.38. The minimum atomic E-state index is 0.250. The van der Waals surface area contributed by atoms with Gasteiger partial charge >= 0.3 is 0 Å². The van der Waals surface area contributed by atoms with Crippen molar-refractivity contribution in [3.63, 3.8) is 0 Å². The summed E-state index contributed by atoms with van der Waals surface area (Å²) in [5.41, 5.74) is 0. The van der Waals surface area contributed by atoms with Crippen LogP contribution in [-0.4, -0.2) is 11.7 Å². The van der Waals surface area contributed by atoms with Crippen LogP contribution in [-0.2, 0) is 0 Å². The van der Waals surface area contributed by atoms with Crippen LogP contribution in [0.4, 0.5) is 0 Å². The van der Waals surface area contributed by atoms with Crippen molar-refractivity contribution in [2.45, 2.75) is 53.9 Å². The van der Waals surface area contributed by atoms with Gasteiger partial charge in [0.15, 0.2) is 0 Å². The lowest BCUT2D eigenvalue weighted by atomic mass is 10.9. The third-order valence-electron chi connectivity index (χ3n) is 0.354. The first-order valence-electron chi connectivity index (χ1n) is 4.52. The smallest absolute Gasteiger partial charge is 0.0402 e. The van der Waals surface area contributed by atoms with Gasteiger partial charge < -0.3 is 5.11 Å². The minimum absolute atomic E-state index is 0.250. The summed E-state index contributed by atoms with van der Waals surface area (Å²) in [5, 5.41) is 7.57. The van der Waals surface area contributed by atoms with Crippen molar-refractivity contribution in [1.29, 1.82) is 0 Å². The summed E-state index contributed by atoms with van der Waals surface area (Å²) in [7, 11) is 0. The van der Waals surface area contributed by atoms with Gasteiger partial charge in [-0.05, 0) is 6.92 Å². The standard InChI is InChI=1S/C3H6.C2H6O.2C2H6/c1-2-3-1;1-2-3;2*1-2/h1-3H2;3H,2H2,1H3;2*1-2H3. The molecule has 1 aliphatic carbocycles. The van der Waals surface area contributed by atoms with Crippen LogP contribution in [0.2, 0.25) is 0 Å². The number of hydrogen-bond donors (Lipinski definition) is 1. The quantitative estimate of drug-likeness (QED) is 0.559. The van der Waals surface area contributed by atoms with Crippen LogP contribution in [0.25, 0.3) is 0 Å². The molecule has 0 aromatic rings. The molecule has 1 rings (SSSR count). The zero-order valence-electron chi connectivity index (χ0n) is 8.28. The van der Waals surface area contributed by atoms with Crippen molar-refractivity contribution in [1.82, 2.24) is 0 Å². The van der Waals surface area contributed by atoms with E-state index in [0.29, 0.717) is 0 Å². The van der Waals surface area contributed by atoms with Gasteiger partial charge in [-0.25, -0.2) is 0 Å². The van der Waals surface area contributed by atoms with E-state index in [0.717, 1.165) is 0 Å². The minimum Gasteiger partial charge on any atom is -0.397 e. The molecule has 1 heteroatoms. The molecule has 1 fully saturated rings. The van der Waals surface area contributed by atoms with Gasteiger partial charge in [0.25, 0.3) is 0 Å². The van der Waals surface area contributed by atoms with E-state index in [4.69, 9.17) is 5.11 Å². The Morgan fingerprint density at radius 3 is 1.00 bits per heavy atom. The predicted octanol–water partition coefficient (Wildman–Crippen LogP) is 3.22. The largest absolute Gasteiger partial charge is 0.397 e. The molecule has 0 spiro atoms. The summed E-state index contributed by atoms with van der Waals surface area (Å²) in [6.45, 7) is 9.93. The zero-order valence-corrected chi connectivity index (χ0v) is 8.28. The SMILES string of the molecule is C1CC1.CC.CC.CCO. The van der Waals surface area contributed by atoms with E-state index in [9.17, 15) is 0 Å². The third kappa shape index (κ3) is 418. The maximum Gasteiger partial charge on any atom is 0.0402 e. The Kier molecular flexibility index (Phi) is 59.8. The molecule has 1 nitrogen and oxygen atoms in total. The Labute approximate surface area is 66.5 Å². The molecule has 1 aliphatic rings. The van der Waals surface area contributed by atoms with E-state index in [-0.39, 0.29) is 6.61 Å². The normalized spacial score (nSPS) is 10.2. The van der Waals surface area contributed by atoms with Crippen molar-refractivity contribution in [3.05, 3.63) is 0 Å². The van der Waals surface area contributed by atoms with Crippen molar-refractivity contribution >= 4 is 0 Å². The van der Waals surface area contributed by atoms with E-state index < -0.39 is 0 Å². The number of rotatable bonds is 0. The van der Waals surface area contributed by atoms with Crippen LogP contribution < -0.4 is 0 Å². The maximum atomic E-state index is 7.57. The first-order chi connectivity index (χ1) is 4.91. The van der Waals surface area contributed by atoms with Crippen molar-refractivity contribution in [2.75, 3.05) is 6.61 Å². The van der Waals surface area contributed by atoms with Gasteiger partial charge in [-0.3, -0.25) is 0 Å². The third-order valence-corrected chi connectivity index (χ3v) is 0.354. The summed E-state index contributed by atoms with van der Waals surface area (Å²) in [4.78, 5) is 0. The summed E-state index contributed by atoms with van der Waals surface area (Å²) >= 11 is 0. The average molecular weight is 148 g/mol. The van der Waals surface area contributed by atoms with Crippen molar-refractivity contribution in [3.8, 4) is 0 Å². The summed E-state index contributed by atoms with van der Waals surface area (Å²) < 4.78 is 0. The average Bonchev–Trinajstić information content (AvgIpc) is 2.82. The Morgan fingerprint density at radius 2 is 1.00 bits per heavy atom. The molecule has 1 saturated carbocycles. The van der Waals surface area contributed by atoms with Gasteiger partial charge in [0.2, 0.25) is 0 Å². The van der Waals surface area contributed by atoms with Crippen molar-refractivity contribution in [2.24, 2.45) is 0 Å². The highest BCUT2D eigenvalue weighted by atomic mass is 16.2. The molecule has 0 saturated heterocycles. The summed E-state index contributed by atoms with van der Waals surface area (Å²) in [6.07, 6.45) is 4.50. The number of aliphatic hydroxyl groups excluding tert-OH is 1. The lowest BCUT2D eigenvalue weighted by molar-refractivity contribution is 0.318. The first kappa shape index (κ1) is 16.5. The molecule has 0 aromatic carbocycles. The highest BCUT2D eigenvalue weighted by molar-refractivity contribution is 4.50. The molecular formula is C9H24O. The first-order valence-corrected chi connectivity index (χ1v) is 4.52. The molecule has 66 valence electrons. The van der Waals surface area contributed by atoms with E-state index in [2.05, 4.69) is 0 Å². The summed E-state index contributed by atoms with van der Waals surface area (Å²) in [6, 6.07) is 0. The second kappa shape index (κ2) is 36.2. The molecule has 0 aliphatic heterocycles. The molecule has 10 heavy (non-hydrogen) atoms. The Bertz CT molecular complexity index is 15.9. The number of aliphatic hydroxyl groups is 1. The van der Waals surface area contributed by atoms with Gasteiger partial charge in [0, 0.05) is 6.61 Å². The fourth-order valence-corrected chi connectivity index (χ4v) is 0. The van der Waals surface area contributed by atoms with Crippen LogP contribution >= 0.6 is 0 Å². The molecule has 0 unspecified atom stereocenters. The molecule has 0 amide bonds. The van der Waals surface area contributed by atoms with Gasteiger partial charge in [-0.2, -0.15) is 0 Å². The Hall–Kier alpha value is -0.0400. The summed E-state index contributed by atoms with van der Waals surface area (Å²) in [5.74, 6) is 0. The van der Waals surface area contributed by atoms with Gasteiger partial charge in [-0.1, -0.05) is 47.0 Å². The maximum absolute atomic E-state index is 7.57. The van der Waals surface area contributed by atoms with E-state index in [1.165, 1.54) is 19.3 Å². The topological polar surface area (TPSA) is 20.2 Å². The second-order valence-corrected chi connectivity index (χ2v) is 1.38. The van der Waals surface area contributed by atoms with Crippen LogP contribution in [0.3, 0.4) is 0 Å². The zero-order chi connectivity index (χ0) is 8.83. The van der Waals surface area contributed by atoms with Crippen molar-refractivity contribution < 1.29 is 5.11 Å². The Morgan fingerprint density at radius 1 is 0.900 bits per heavy atom. The van der Waals surface area contributed by atoms with Crippen LogP contribution in [0.5, 0.6) is 0 Å². The van der Waals surface area contributed by atoms with Gasteiger partial charge in [0.05, 0.1) is 0 Å². The van der Waals surface area contributed by atoms with Crippen LogP contribution in [0.1, 0.15) is 53.9 Å². The molecule has 0 aromatic heterocycles.